The molecule has 0 aliphatic heterocycles. The van der Waals surface area contributed by atoms with Gasteiger partial charge < -0.3 is 10.6 Å². The maximum atomic E-state index is 11.1. The highest BCUT2D eigenvalue weighted by Crippen LogP contribution is 2.36. The maximum Gasteiger partial charge on any atom is 0.266 e. The molecule has 2 aromatic heterocycles. The van der Waals surface area contributed by atoms with Crippen LogP contribution >= 0.6 is 36.6 Å². The number of hydrogen-bond acceptors (Lipinski definition) is 12. The zero-order chi connectivity index (χ0) is 23.3. The molecule has 0 fully saturated rings. The Morgan fingerprint density at radius 3 is 2.66 bits per heavy atom. The summed E-state index contributed by atoms with van der Waals surface area (Å²) in [6, 6.07) is 7.64. The fourth-order valence-corrected chi connectivity index (χ4v) is 4.30. The zero-order valence-corrected chi connectivity index (χ0v) is 20.2. The third-order valence-corrected chi connectivity index (χ3v) is 6.30. The lowest BCUT2D eigenvalue weighted by molar-refractivity contribution is 0.484. The van der Waals surface area contributed by atoms with Crippen LogP contribution in [0.2, 0.25) is 0 Å². The van der Waals surface area contributed by atoms with Crippen LogP contribution in [-0.4, -0.2) is 47.5 Å². The van der Waals surface area contributed by atoms with Gasteiger partial charge >= 0.3 is 0 Å². The number of nitriles is 1. The van der Waals surface area contributed by atoms with Gasteiger partial charge in [0.15, 0.2) is 5.82 Å². The van der Waals surface area contributed by atoms with Gasteiger partial charge in [-0.2, -0.15) is 26.3 Å². The minimum atomic E-state index is -4.16. The molecule has 0 spiro atoms. The average Bonchev–Trinajstić information content (AvgIpc) is 3.12. The van der Waals surface area contributed by atoms with Crippen LogP contribution in [0.4, 0.5) is 22.5 Å². The highest BCUT2D eigenvalue weighted by molar-refractivity contribution is 7.85. The SMILES string of the molecule is Cc1c(C#N)c(NCCS)nc(NCCS(=O)(=O)O)c1N=Nc1nc2ccc(S)cc2s1. The van der Waals surface area contributed by atoms with Gasteiger partial charge in [-0.3, -0.25) is 4.55 Å². The molecule has 0 unspecified atom stereocenters. The number of pyridine rings is 1. The minimum Gasteiger partial charge on any atom is -0.368 e. The second-order valence-electron chi connectivity index (χ2n) is 6.48. The summed E-state index contributed by atoms with van der Waals surface area (Å²) < 4.78 is 32.1. The van der Waals surface area contributed by atoms with Crippen molar-refractivity contribution in [1.29, 1.82) is 5.26 Å². The van der Waals surface area contributed by atoms with E-state index >= 15 is 0 Å². The minimum absolute atomic E-state index is 0.114. The number of rotatable bonds is 9. The predicted octanol–water partition coefficient (Wildman–Crippen LogP) is 4.22. The van der Waals surface area contributed by atoms with Gasteiger partial charge in [0.05, 0.1) is 21.5 Å². The van der Waals surface area contributed by atoms with E-state index in [-0.39, 0.29) is 23.6 Å². The molecule has 0 aliphatic rings. The van der Waals surface area contributed by atoms with Crippen molar-refractivity contribution in [2.75, 3.05) is 35.2 Å². The molecule has 0 bridgehead atoms. The number of thiol groups is 2. The molecular formula is C18H19N7O3S4. The fraction of sp³-hybridized carbons (Fsp3) is 0.278. The van der Waals surface area contributed by atoms with Gasteiger partial charge in [-0.15, -0.1) is 22.9 Å². The molecule has 0 amide bonds. The molecule has 0 saturated carbocycles. The van der Waals surface area contributed by atoms with Crippen molar-refractivity contribution in [2.45, 2.75) is 11.8 Å². The maximum absolute atomic E-state index is 11.1. The number of thiazole rings is 1. The van der Waals surface area contributed by atoms with E-state index in [1.165, 1.54) is 11.3 Å². The Morgan fingerprint density at radius 2 is 1.97 bits per heavy atom. The van der Waals surface area contributed by atoms with E-state index in [4.69, 9.17) is 4.55 Å². The first-order valence-electron chi connectivity index (χ1n) is 9.21. The number of hydrogen-bond donors (Lipinski definition) is 5. The molecule has 2 heterocycles. The van der Waals surface area contributed by atoms with Gasteiger partial charge in [-0.05, 0) is 25.1 Å². The Balaban J connectivity index is 2.01. The van der Waals surface area contributed by atoms with Crippen LogP contribution in [0.1, 0.15) is 11.1 Å². The predicted molar refractivity (Wildman–Crippen MR) is 132 cm³/mol. The van der Waals surface area contributed by atoms with Crippen LogP contribution < -0.4 is 10.6 Å². The quantitative estimate of drug-likeness (QED) is 0.163. The summed E-state index contributed by atoms with van der Waals surface area (Å²) in [4.78, 5) is 9.60. The zero-order valence-electron chi connectivity index (χ0n) is 16.8. The highest BCUT2D eigenvalue weighted by Gasteiger charge is 2.18. The van der Waals surface area contributed by atoms with Crippen LogP contribution in [0.25, 0.3) is 10.2 Å². The van der Waals surface area contributed by atoms with Crippen molar-refractivity contribution >= 4 is 79.4 Å². The summed E-state index contributed by atoms with van der Waals surface area (Å²) in [6.45, 7) is 2.05. The number of fused-ring (bicyclic) bond motifs is 1. The van der Waals surface area contributed by atoms with E-state index in [0.717, 1.165) is 15.1 Å². The molecule has 10 nitrogen and oxygen atoms in total. The summed E-state index contributed by atoms with van der Waals surface area (Å²) >= 11 is 9.80. The Morgan fingerprint density at radius 1 is 1.22 bits per heavy atom. The Bertz CT molecular complexity index is 1320. The first-order chi connectivity index (χ1) is 15.2. The van der Waals surface area contributed by atoms with Crippen molar-refractivity contribution in [3.05, 3.63) is 29.3 Å². The number of azo groups is 1. The molecule has 32 heavy (non-hydrogen) atoms. The van der Waals surface area contributed by atoms with Crippen LogP contribution in [-0.2, 0) is 10.1 Å². The largest absolute Gasteiger partial charge is 0.368 e. The molecule has 0 saturated heterocycles. The van der Waals surface area contributed by atoms with Gasteiger partial charge in [0, 0.05) is 29.3 Å². The third kappa shape index (κ3) is 6.08. The lowest BCUT2D eigenvalue weighted by Gasteiger charge is -2.15. The second-order valence-corrected chi connectivity index (χ2v) is 10.0. The summed E-state index contributed by atoms with van der Waals surface area (Å²) in [6.07, 6.45) is 0. The van der Waals surface area contributed by atoms with Crippen molar-refractivity contribution < 1.29 is 13.0 Å². The van der Waals surface area contributed by atoms with Gasteiger partial charge in [-0.1, -0.05) is 11.3 Å². The Hall–Kier alpha value is -2.44. The van der Waals surface area contributed by atoms with E-state index in [1.807, 2.05) is 18.2 Å². The smallest absolute Gasteiger partial charge is 0.266 e. The van der Waals surface area contributed by atoms with Crippen LogP contribution in [0.3, 0.4) is 0 Å². The summed E-state index contributed by atoms with van der Waals surface area (Å²) in [5.74, 6) is 0.528. The summed E-state index contributed by atoms with van der Waals surface area (Å²) in [7, 11) is -4.16. The van der Waals surface area contributed by atoms with Gasteiger partial charge in [0.25, 0.3) is 10.1 Å². The van der Waals surface area contributed by atoms with Crippen molar-refractivity contribution in [2.24, 2.45) is 10.2 Å². The first-order valence-corrected chi connectivity index (χ1v) is 12.7. The molecule has 168 valence electrons. The van der Waals surface area contributed by atoms with Crippen LogP contribution in [0, 0.1) is 18.3 Å². The molecule has 0 radical (unpaired) electrons. The number of benzene rings is 1. The van der Waals surface area contributed by atoms with Crippen molar-refractivity contribution in [3.8, 4) is 6.07 Å². The second kappa shape index (κ2) is 10.5. The van der Waals surface area contributed by atoms with E-state index in [0.29, 0.717) is 28.8 Å². The molecule has 3 rings (SSSR count). The summed E-state index contributed by atoms with van der Waals surface area (Å²) in [5, 5.41) is 24.4. The molecule has 0 atom stereocenters. The lowest BCUT2D eigenvalue weighted by atomic mass is 10.1. The number of nitrogens with one attached hydrogen (secondary N) is 2. The topological polar surface area (TPSA) is 153 Å². The average molecular weight is 510 g/mol. The lowest BCUT2D eigenvalue weighted by Crippen LogP contribution is -2.16. The first kappa shape index (κ1) is 24.2. The van der Waals surface area contributed by atoms with Gasteiger partial charge in [0.2, 0.25) is 5.13 Å². The van der Waals surface area contributed by atoms with E-state index in [9.17, 15) is 13.7 Å². The normalized spacial score (nSPS) is 11.7. The molecule has 3 aromatic rings. The fourth-order valence-electron chi connectivity index (χ4n) is 2.71. The standard InChI is InChI=1S/C18H19N7O3S4/c1-10-12(9-19)16(20-4-6-29)23-17(21-5-7-32(26,27)28)15(10)24-25-18-22-13-3-2-11(30)8-14(13)31-18/h2-3,8,29-30H,4-7H2,1H3,(H2,20,21,23)(H,26,27,28). The van der Waals surface area contributed by atoms with Crippen molar-refractivity contribution in [1.82, 2.24) is 9.97 Å². The van der Waals surface area contributed by atoms with E-state index < -0.39 is 15.9 Å². The van der Waals surface area contributed by atoms with E-state index in [2.05, 4.69) is 62.2 Å². The number of anilines is 2. The Kier molecular flexibility index (Phi) is 7.91. The molecule has 14 heteroatoms. The molecule has 3 N–H and O–H groups in total. The molecular weight excluding hydrogens is 491 g/mol. The Labute approximate surface area is 199 Å². The van der Waals surface area contributed by atoms with E-state index in [1.54, 1.807) is 6.92 Å². The number of aromatic nitrogens is 2. The number of nitrogens with zero attached hydrogens (tertiary/aromatic N) is 5. The van der Waals surface area contributed by atoms with Gasteiger partial charge in [0.1, 0.15) is 17.6 Å². The molecule has 1 aromatic carbocycles. The van der Waals surface area contributed by atoms with Crippen molar-refractivity contribution in [3.63, 3.8) is 0 Å². The monoisotopic (exact) mass is 509 g/mol. The summed E-state index contributed by atoms with van der Waals surface area (Å²) in [5.41, 5.74) is 1.81. The highest BCUT2D eigenvalue weighted by atomic mass is 32.2. The molecule has 0 aliphatic carbocycles. The van der Waals surface area contributed by atoms with Gasteiger partial charge in [-0.25, -0.2) is 9.97 Å². The van der Waals surface area contributed by atoms with Crippen LogP contribution in [0.15, 0.2) is 33.3 Å². The third-order valence-electron chi connectivity index (χ3n) is 4.18. The van der Waals surface area contributed by atoms with Crippen LogP contribution in [0.5, 0.6) is 0 Å².